The van der Waals surface area contributed by atoms with Crippen molar-refractivity contribution in [3.8, 4) is 22.8 Å². The first kappa shape index (κ1) is 21.9. The van der Waals surface area contributed by atoms with E-state index in [4.69, 9.17) is 19.6 Å². The van der Waals surface area contributed by atoms with E-state index in [-0.39, 0.29) is 0 Å². The molecule has 0 radical (unpaired) electrons. The first-order valence-corrected chi connectivity index (χ1v) is 10.6. The van der Waals surface area contributed by atoms with Gasteiger partial charge in [0.1, 0.15) is 17.3 Å². The zero-order valence-corrected chi connectivity index (χ0v) is 19.0. The van der Waals surface area contributed by atoms with Gasteiger partial charge in [0.15, 0.2) is 5.65 Å². The highest BCUT2D eigenvalue weighted by atomic mass is 16.5. The lowest BCUT2D eigenvalue weighted by atomic mass is 10.1. The third-order valence-electron chi connectivity index (χ3n) is 5.57. The van der Waals surface area contributed by atoms with Crippen molar-refractivity contribution in [2.75, 3.05) is 45.7 Å². The fourth-order valence-electron chi connectivity index (χ4n) is 3.55. The topological polar surface area (TPSA) is 63.9 Å². The summed E-state index contributed by atoms with van der Waals surface area (Å²) in [4.78, 5) is 7.17. The number of ether oxygens (including phenoxy) is 2. The fourth-order valence-corrected chi connectivity index (χ4v) is 3.55. The standard InChI is InChI=1S/C23H33N5O2/c1-7-27(8-2)11-9-10-24-23-16(3)17(4)25-22-15-21(26-28(22)23)18-12-19(29-5)14-20(13-18)30-6/h12-15,24H,7-11H2,1-6H3. The summed E-state index contributed by atoms with van der Waals surface area (Å²) in [5, 5.41) is 8.45. The van der Waals surface area contributed by atoms with Crippen molar-refractivity contribution in [1.82, 2.24) is 19.5 Å². The summed E-state index contributed by atoms with van der Waals surface area (Å²) < 4.78 is 12.7. The summed E-state index contributed by atoms with van der Waals surface area (Å²) in [6.45, 7) is 12.7. The van der Waals surface area contributed by atoms with Crippen LogP contribution < -0.4 is 14.8 Å². The second-order valence-corrected chi connectivity index (χ2v) is 7.38. The molecule has 0 saturated heterocycles. The molecule has 0 amide bonds. The van der Waals surface area contributed by atoms with Crippen LogP contribution in [0.15, 0.2) is 24.3 Å². The van der Waals surface area contributed by atoms with Gasteiger partial charge in [0.25, 0.3) is 0 Å². The van der Waals surface area contributed by atoms with Gasteiger partial charge in [-0.2, -0.15) is 9.61 Å². The van der Waals surface area contributed by atoms with Gasteiger partial charge < -0.3 is 19.7 Å². The van der Waals surface area contributed by atoms with Crippen LogP contribution in [0.5, 0.6) is 11.5 Å². The lowest BCUT2D eigenvalue weighted by Crippen LogP contribution is -2.25. The van der Waals surface area contributed by atoms with Crippen molar-refractivity contribution < 1.29 is 9.47 Å². The van der Waals surface area contributed by atoms with E-state index in [2.05, 4.69) is 31.0 Å². The number of benzene rings is 1. The number of aromatic nitrogens is 3. The maximum atomic E-state index is 5.41. The van der Waals surface area contributed by atoms with E-state index in [9.17, 15) is 0 Å². The molecule has 3 aromatic rings. The molecule has 0 spiro atoms. The number of nitrogens with one attached hydrogen (secondary N) is 1. The van der Waals surface area contributed by atoms with E-state index < -0.39 is 0 Å². The Balaban J connectivity index is 1.91. The Morgan fingerprint density at radius 3 is 2.27 bits per heavy atom. The van der Waals surface area contributed by atoms with Crippen molar-refractivity contribution in [2.45, 2.75) is 34.1 Å². The summed E-state index contributed by atoms with van der Waals surface area (Å²) in [7, 11) is 3.30. The number of methoxy groups -OCH3 is 2. The van der Waals surface area contributed by atoms with Gasteiger partial charge >= 0.3 is 0 Å². The molecule has 0 bridgehead atoms. The van der Waals surface area contributed by atoms with Crippen LogP contribution in [0.4, 0.5) is 5.82 Å². The first-order valence-electron chi connectivity index (χ1n) is 10.6. The van der Waals surface area contributed by atoms with Crippen LogP contribution in [0.25, 0.3) is 16.9 Å². The Labute approximate surface area is 179 Å². The molecule has 7 heteroatoms. The van der Waals surface area contributed by atoms with Crippen molar-refractivity contribution >= 4 is 11.5 Å². The zero-order valence-electron chi connectivity index (χ0n) is 19.0. The Bertz CT molecular complexity index is 973. The monoisotopic (exact) mass is 411 g/mol. The molecule has 0 saturated carbocycles. The van der Waals surface area contributed by atoms with E-state index in [0.29, 0.717) is 0 Å². The lowest BCUT2D eigenvalue weighted by molar-refractivity contribution is 0.303. The van der Waals surface area contributed by atoms with Crippen LogP contribution in [0.2, 0.25) is 0 Å². The number of hydrogen-bond donors (Lipinski definition) is 1. The third kappa shape index (κ3) is 4.67. The van der Waals surface area contributed by atoms with Crippen molar-refractivity contribution in [2.24, 2.45) is 0 Å². The molecule has 2 aromatic heterocycles. The van der Waals surface area contributed by atoms with E-state index in [1.165, 1.54) is 0 Å². The van der Waals surface area contributed by atoms with Gasteiger partial charge in [0.05, 0.1) is 19.9 Å². The van der Waals surface area contributed by atoms with Crippen molar-refractivity contribution in [1.29, 1.82) is 0 Å². The Morgan fingerprint density at radius 1 is 1.00 bits per heavy atom. The molecule has 1 aromatic carbocycles. The van der Waals surface area contributed by atoms with Crippen LogP contribution in [-0.2, 0) is 0 Å². The van der Waals surface area contributed by atoms with Crippen LogP contribution in [0.1, 0.15) is 31.5 Å². The molecule has 0 unspecified atom stereocenters. The van der Waals surface area contributed by atoms with Gasteiger partial charge in [-0.25, -0.2) is 4.98 Å². The molecule has 0 aliphatic rings. The highest BCUT2D eigenvalue weighted by molar-refractivity contribution is 5.69. The predicted molar refractivity (Wildman–Crippen MR) is 122 cm³/mol. The molecule has 30 heavy (non-hydrogen) atoms. The van der Waals surface area contributed by atoms with Gasteiger partial charge in [0.2, 0.25) is 0 Å². The van der Waals surface area contributed by atoms with Gasteiger partial charge in [-0.15, -0.1) is 0 Å². The summed E-state index contributed by atoms with van der Waals surface area (Å²) in [6, 6.07) is 7.78. The molecule has 2 heterocycles. The zero-order chi connectivity index (χ0) is 21.7. The molecule has 7 nitrogen and oxygen atoms in total. The summed E-state index contributed by atoms with van der Waals surface area (Å²) in [5.74, 6) is 2.46. The highest BCUT2D eigenvalue weighted by Crippen LogP contribution is 2.30. The van der Waals surface area contributed by atoms with Crippen LogP contribution in [-0.4, -0.2) is 59.9 Å². The second-order valence-electron chi connectivity index (χ2n) is 7.38. The van der Waals surface area contributed by atoms with Gasteiger partial charge in [0, 0.05) is 35.5 Å². The summed E-state index contributed by atoms with van der Waals surface area (Å²) >= 11 is 0. The molecule has 0 atom stereocenters. The maximum absolute atomic E-state index is 5.41. The highest BCUT2D eigenvalue weighted by Gasteiger charge is 2.14. The predicted octanol–water partition coefficient (Wildman–Crippen LogP) is 4.17. The Kier molecular flexibility index (Phi) is 7.15. The molecule has 1 N–H and O–H groups in total. The number of nitrogens with zero attached hydrogens (tertiary/aromatic N) is 4. The van der Waals surface area contributed by atoms with Crippen LogP contribution in [0.3, 0.4) is 0 Å². The van der Waals surface area contributed by atoms with Crippen molar-refractivity contribution in [3.63, 3.8) is 0 Å². The Hall–Kier alpha value is -2.80. The number of aryl methyl sites for hydroxylation is 1. The lowest BCUT2D eigenvalue weighted by Gasteiger charge is -2.18. The molecular weight excluding hydrogens is 378 g/mol. The molecule has 3 rings (SSSR count). The largest absolute Gasteiger partial charge is 0.497 e. The Morgan fingerprint density at radius 2 is 1.67 bits per heavy atom. The third-order valence-corrected chi connectivity index (χ3v) is 5.57. The molecule has 162 valence electrons. The average molecular weight is 412 g/mol. The second kappa shape index (κ2) is 9.80. The smallest absolute Gasteiger partial charge is 0.158 e. The summed E-state index contributed by atoms with van der Waals surface area (Å²) in [6.07, 6.45) is 1.07. The molecule has 0 aliphatic heterocycles. The SMILES string of the molecule is CCN(CC)CCCNc1c(C)c(C)nc2cc(-c3cc(OC)cc(OC)c3)nn12. The average Bonchev–Trinajstić information content (AvgIpc) is 3.19. The fraction of sp³-hybridized carbons (Fsp3) is 0.478. The van der Waals surface area contributed by atoms with E-state index in [1.807, 2.05) is 35.7 Å². The van der Waals surface area contributed by atoms with E-state index >= 15 is 0 Å². The van der Waals surface area contributed by atoms with E-state index in [0.717, 1.165) is 78.1 Å². The molecule has 0 aliphatic carbocycles. The number of hydrogen-bond acceptors (Lipinski definition) is 6. The quantitative estimate of drug-likeness (QED) is 0.505. The first-order chi connectivity index (χ1) is 14.5. The molecule has 0 fully saturated rings. The molecular formula is C23H33N5O2. The maximum Gasteiger partial charge on any atom is 0.158 e. The van der Waals surface area contributed by atoms with Gasteiger partial charge in [-0.3, -0.25) is 0 Å². The minimum atomic E-state index is 0.733. The number of fused-ring (bicyclic) bond motifs is 1. The minimum absolute atomic E-state index is 0.733. The normalized spacial score (nSPS) is 11.3. The van der Waals surface area contributed by atoms with Crippen LogP contribution in [0, 0.1) is 13.8 Å². The summed E-state index contributed by atoms with van der Waals surface area (Å²) in [5.41, 5.74) is 4.70. The number of rotatable bonds is 10. The van der Waals surface area contributed by atoms with Crippen molar-refractivity contribution in [3.05, 3.63) is 35.5 Å². The van der Waals surface area contributed by atoms with E-state index in [1.54, 1.807) is 14.2 Å². The minimum Gasteiger partial charge on any atom is -0.497 e. The van der Waals surface area contributed by atoms with Gasteiger partial charge in [-0.05, 0) is 52.0 Å². The van der Waals surface area contributed by atoms with Gasteiger partial charge in [-0.1, -0.05) is 13.8 Å². The number of anilines is 1. The van der Waals surface area contributed by atoms with Crippen LogP contribution >= 0.6 is 0 Å².